The molecule has 5 nitrogen and oxygen atoms in total. The van der Waals surface area contributed by atoms with Crippen molar-refractivity contribution < 1.29 is 5.11 Å². The van der Waals surface area contributed by atoms with Crippen molar-refractivity contribution in [3.8, 4) is 0 Å². The Balaban J connectivity index is 1.76. The van der Waals surface area contributed by atoms with E-state index >= 15 is 0 Å². The van der Waals surface area contributed by atoms with Crippen LogP contribution in [-0.4, -0.2) is 20.6 Å². The molecule has 5 rings (SSSR count). The molecule has 0 aliphatic heterocycles. The molecule has 4 bridgehead atoms. The maximum Gasteiger partial charge on any atom is 0.0705 e. The normalized spacial score (nSPS) is 43.6. The van der Waals surface area contributed by atoms with E-state index in [1.807, 2.05) is 12.1 Å². The van der Waals surface area contributed by atoms with E-state index in [2.05, 4.69) is 15.0 Å². The van der Waals surface area contributed by atoms with E-state index in [-0.39, 0.29) is 16.8 Å². The second kappa shape index (κ2) is 4.85. The van der Waals surface area contributed by atoms with Gasteiger partial charge in [0.05, 0.1) is 11.6 Å². The number of aliphatic hydroxyl groups is 1. The van der Waals surface area contributed by atoms with Crippen molar-refractivity contribution in [1.82, 2.24) is 4.98 Å². The standard InChI is InChI=1S/C16H19ClN4O/c17-15-5-10-4-12(7-15)13(16(22,6-10)9-15)14(20-21-18)11-2-1-3-19-8-11/h1-3,8,10,12-14,22H,4-7,9H2/t10-,12+,13-,14+,15+,16+/m1/s1. The number of azide groups is 1. The summed E-state index contributed by atoms with van der Waals surface area (Å²) in [5.74, 6) is 0.766. The molecule has 0 unspecified atom stereocenters. The first-order valence-corrected chi connectivity index (χ1v) is 8.26. The molecule has 116 valence electrons. The van der Waals surface area contributed by atoms with E-state index in [1.54, 1.807) is 12.4 Å². The molecule has 1 aromatic rings. The fraction of sp³-hybridized carbons (Fsp3) is 0.688. The summed E-state index contributed by atoms with van der Waals surface area (Å²) in [6, 6.07) is 3.41. The summed E-state index contributed by atoms with van der Waals surface area (Å²) >= 11 is 6.74. The molecule has 4 aliphatic carbocycles. The van der Waals surface area contributed by atoms with Crippen molar-refractivity contribution in [3.05, 3.63) is 40.5 Å². The van der Waals surface area contributed by atoms with Crippen LogP contribution in [0.15, 0.2) is 29.6 Å². The maximum atomic E-state index is 11.3. The van der Waals surface area contributed by atoms with E-state index in [0.717, 1.165) is 31.2 Å². The maximum absolute atomic E-state index is 11.3. The Morgan fingerprint density at radius 2 is 2.32 bits per heavy atom. The molecule has 22 heavy (non-hydrogen) atoms. The van der Waals surface area contributed by atoms with Crippen LogP contribution in [0.25, 0.3) is 10.4 Å². The number of hydrogen-bond acceptors (Lipinski definition) is 3. The van der Waals surface area contributed by atoms with Gasteiger partial charge in [0.15, 0.2) is 0 Å². The van der Waals surface area contributed by atoms with Crippen molar-refractivity contribution in [1.29, 1.82) is 0 Å². The molecular weight excluding hydrogens is 300 g/mol. The highest BCUT2D eigenvalue weighted by molar-refractivity contribution is 6.24. The highest BCUT2D eigenvalue weighted by Crippen LogP contribution is 2.65. The molecule has 0 amide bonds. The Labute approximate surface area is 134 Å². The van der Waals surface area contributed by atoms with Crippen LogP contribution in [0.2, 0.25) is 0 Å². The Morgan fingerprint density at radius 3 is 2.95 bits per heavy atom. The smallest absolute Gasteiger partial charge is 0.0705 e. The highest BCUT2D eigenvalue weighted by atomic mass is 35.5. The van der Waals surface area contributed by atoms with Gasteiger partial charge in [0.2, 0.25) is 0 Å². The minimum Gasteiger partial charge on any atom is -0.389 e. The first kappa shape index (κ1) is 14.3. The third-order valence-corrected chi connectivity index (χ3v) is 6.30. The molecule has 0 saturated heterocycles. The van der Waals surface area contributed by atoms with E-state index in [1.165, 1.54) is 0 Å². The van der Waals surface area contributed by atoms with Gasteiger partial charge in [0.1, 0.15) is 0 Å². The Bertz CT molecular complexity index is 634. The third-order valence-electron chi connectivity index (χ3n) is 5.85. The van der Waals surface area contributed by atoms with Gasteiger partial charge in [-0.15, -0.1) is 11.6 Å². The van der Waals surface area contributed by atoms with Gasteiger partial charge in [-0.25, -0.2) is 0 Å². The topological polar surface area (TPSA) is 81.9 Å². The van der Waals surface area contributed by atoms with Gasteiger partial charge in [-0.05, 0) is 61.1 Å². The van der Waals surface area contributed by atoms with Crippen LogP contribution in [0.1, 0.15) is 43.7 Å². The van der Waals surface area contributed by atoms with E-state index in [4.69, 9.17) is 17.1 Å². The number of halogens is 1. The van der Waals surface area contributed by atoms with Crippen LogP contribution in [0.4, 0.5) is 0 Å². The summed E-state index contributed by atoms with van der Waals surface area (Å²) in [5, 5.41) is 15.3. The molecular formula is C16H19ClN4O. The average molecular weight is 319 g/mol. The minimum atomic E-state index is -0.819. The SMILES string of the molecule is [N-]=[N+]=N[C@@H](c1cccnc1)[C@H]1[C@H]2C[C@@H]3C[C@](Cl)(C2)C[C@@]1(O)C3. The van der Waals surface area contributed by atoms with E-state index in [0.29, 0.717) is 18.3 Å². The van der Waals surface area contributed by atoms with Crippen LogP contribution in [-0.2, 0) is 0 Å². The van der Waals surface area contributed by atoms with E-state index in [9.17, 15) is 5.11 Å². The lowest BCUT2D eigenvalue weighted by molar-refractivity contribution is -0.170. The summed E-state index contributed by atoms with van der Waals surface area (Å²) < 4.78 is 0. The van der Waals surface area contributed by atoms with Gasteiger partial charge in [0.25, 0.3) is 0 Å². The van der Waals surface area contributed by atoms with Crippen LogP contribution >= 0.6 is 11.6 Å². The van der Waals surface area contributed by atoms with Crippen molar-refractivity contribution in [2.24, 2.45) is 22.9 Å². The number of pyridine rings is 1. The van der Waals surface area contributed by atoms with E-state index < -0.39 is 5.60 Å². The lowest BCUT2D eigenvalue weighted by atomic mass is 9.48. The molecule has 4 saturated carbocycles. The quantitative estimate of drug-likeness (QED) is 0.396. The molecule has 6 atom stereocenters. The molecule has 0 aromatic carbocycles. The first-order valence-electron chi connectivity index (χ1n) is 7.88. The molecule has 6 heteroatoms. The Morgan fingerprint density at radius 1 is 1.45 bits per heavy atom. The summed E-state index contributed by atoms with van der Waals surface area (Å²) in [6.07, 6.45) is 7.84. The molecule has 0 radical (unpaired) electrons. The monoisotopic (exact) mass is 318 g/mol. The van der Waals surface area contributed by atoms with Gasteiger partial charge < -0.3 is 5.11 Å². The summed E-state index contributed by atoms with van der Waals surface area (Å²) in [6.45, 7) is 0. The molecule has 0 spiro atoms. The van der Waals surface area contributed by atoms with Gasteiger partial charge >= 0.3 is 0 Å². The lowest BCUT2D eigenvalue weighted by Crippen LogP contribution is -2.63. The summed E-state index contributed by atoms with van der Waals surface area (Å²) in [5.41, 5.74) is 9.08. The minimum absolute atomic E-state index is 0.0592. The number of rotatable bonds is 3. The number of aromatic nitrogens is 1. The number of hydrogen-bond donors (Lipinski definition) is 1. The van der Waals surface area contributed by atoms with Crippen LogP contribution in [0.3, 0.4) is 0 Å². The Kier molecular flexibility index (Phi) is 3.16. The predicted molar refractivity (Wildman–Crippen MR) is 83.2 cm³/mol. The summed E-state index contributed by atoms with van der Waals surface area (Å²) in [7, 11) is 0. The van der Waals surface area contributed by atoms with Gasteiger partial charge in [-0.3, -0.25) is 4.98 Å². The largest absolute Gasteiger partial charge is 0.389 e. The fourth-order valence-electron chi connectivity index (χ4n) is 5.56. The van der Waals surface area contributed by atoms with Gasteiger partial charge in [-0.1, -0.05) is 11.2 Å². The zero-order valence-electron chi connectivity index (χ0n) is 12.3. The number of nitrogens with zero attached hydrogens (tertiary/aromatic N) is 4. The zero-order chi connectivity index (χ0) is 15.4. The zero-order valence-corrected chi connectivity index (χ0v) is 13.0. The van der Waals surface area contributed by atoms with Crippen molar-refractivity contribution in [3.63, 3.8) is 0 Å². The molecule has 1 aromatic heterocycles. The summed E-state index contributed by atoms with van der Waals surface area (Å²) in [4.78, 5) is 6.94. The van der Waals surface area contributed by atoms with Crippen LogP contribution in [0, 0.1) is 17.8 Å². The first-order chi connectivity index (χ1) is 10.5. The predicted octanol–water partition coefficient (Wildman–Crippen LogP) is 3.98. The molecule has 4 aliphatic rings. The number of alkyl halides is 1. The second-order valence-electron chi connectivity index (χ2n) is 7.37. The average Bonchev–Trinajstić information content (AvgIpc) is 2.44. The van der Waals surface area contributed by atoms with Crippen molar-refractivity contribution in [2.75, 3.05) is 0 Å². The van der Waals surface area contributed by atoms with Crippen molar-refractivity contribution >= 4 is 11.6 Å². The molecule has 1 heterocycles. The molecule has 4 fully saturated rings. The van der Waals surface area contributed by atoms with Crippen LogP contribution in [0.5, 0.6) is 0 Å². The lowest BCUT2D eigenvalue weighted by Gasteiger charge is -2.63. The highest BCUT2D eigenvalue weighted by Gasteiger charge is 2.63. The van der Waals surface area contributed by atoms with Gasteiger partial charge in [-0.2, -0.15) is 0 Å². The third kappa shape index (κ3) is 2.11. The van der Waals surface area contributed by atoms with Crippen molar-refractivity contribution in [2.45, 2.75) is 48.6 Å². The van der Waals surface area contributed by atoms with Gasteiger partial charge in [0, 0.05) is 28.1 Å². The fourth-order valence-corrected chi connectivity index (χ4v) is 6.20. The van der Waals surface area contributed by atoms with Crippen LogP contribution < -0.4 is 0 Å². The second-order valence-corrected chi connectivity index (χ2v) is 8.17. The Hall–Kier alpha value is -1.29. The molecule has 1 N–H and O–H groups in total.